The quantitative estimate of drug-likeness (QED) is 0.694. The van der Waals surface area contributed by atoms with Crippen LogP contribution in [0.25, 0.3) is 16.7 Å². The number of nitrogens with one attached hydrogen (secondary N) is 1. The molecule has 0 saturated carbocycles. The van der Waals surface area contributed by atoms with E-state index >= 15 is 0 Å². The number of aromatic nitrogens is 5. The molecule has 1 amide bonds. The molecule has 0 bridgehead atoms. The number of pyridine rings is 1. The fourth-order valence-electron chi connectivity index (χ4n) is 5.06. The summed E-state index contributed by atoms with van der Waals surface area (Å²) in [7, 11) is 0. The molecule has 2 atom stereocenters. The molecule has 1 N–H and O–H groups in total. The van der Waals surface area contributed by atoms with Crippen molar-refractivity contribution in [2.45, 2.75) is 51.6 Å². The highest BCUT2D eigenvalue weighted by atomic mass is 16.2. The molecule has 0 radical (unpaired) electrons. The number of carbonyl (C=O) groups excluding carboxylic acids is 1. The van der Waals surface area contributed by atoms with Gasteiger partial charge in [0.1, 0.15) is 12.4 Å². The third kappa shape index (κ3) is 3.47. The van der Waals surface area contributed by atoms with Crippen LogP contribution >= 0.6 is 0 Å². The first-order valence-corrected chi connectivity index (χ1v) is 10.8. The molecule has 9 heteroatoms. The Hall–Kier alpha value is -2.81. The van der Waals surface area contributed by atoms with Crippen LogP contribution in [-0.4, -0.2) is 60.6 Å². The molecule has 3 aromatic rings. The van der Waals surface area contributed by atoms with Crippen LogP contribution in [0, 0.1) is 12.8 Å². The summed E-state index contributed by atoms with van der Waals surface area (Å²) in [6.45, 7) is 4.85. The topological polar surface area (TPSA) is 97.4 Å². The Morgan fingerprint density at radius 1 is 1.23 bits per heavy atom. The molecular weight excluding hydrogens is 382 g/mol. The normalized spacial score (nSPS) is 22.3. The van der Waals surface area contributed by atoms with E-state index in [1.165, 1.54) is 49.5 Å². The summed E-state index contributed by atoms with van der Waals surface area (Å²) < 4.78 is 3.00. The molecule has 2 fully saturated rings. The smallest absolute Gasteiger partial charge is 0.262 e. The molecule has 30 heavy (non-hydrogen) atoms. The molecule has 5 rings (SSSR count). The second-order valence-electron chi connectivity index (χ2n) is 8.48. The Bertz CT molecular complexity index is 1150. The summed E-state index contributed by atoms with van der Waals surface area (Å²) >= 11 is 0. The number of rotatable bonds is 4. The van der Waals surface area contributed by atoms with Crippen LogP contribution in [0.2, 0.25) is 0 Å². The first-order valence-electron chi connectivity index (χ1n) is 10.8. The third-order valence-corrected chi connectivity index (χ3v) is 6.52. The highest BCUT2D eigenvalue weighted by Gasteiger charge is 2.32. The van der Waals surface area contributed by atoms with Gasteiger partial charge in [-0.25, -0.2) is 4.98 Å². The Morgan fingerprint density at radius 3 is 3.00 bits per heavy atom. The Morgan fingerprint density at radius 2 is 2.10 bits per heavy atom. The number of piperidine rings is 2. The number of nitrogens with zero attached hydrogens (tertiary/aromatic N) is 6. The lowest BCUT2D eigenvalue weighted by Crippen LogP contribution is -2.51. The van der Waals surface area contributed by atoms with Crippen LogP contribution in [0.15, 0.2) is 23.3 Å². The van der Waals surface area contributed by atoms with E-state index in [9.17, 15) is 9.59 Å². The molecule has 0 aliphatic carbocycles. The summed E-state index contributed by atoms with van der Waals surface area (Å²) in [4.78, 5) is 36.5. The number of amides is 1. The van der Waals surface area contributed by atoms with Crippen molar-refractivity contribution in [3.8, 4) is 0 Å². The van der Waals surface area contributed by atoms with Gasteiger partial charge >= 0.3 is 0 Å². The van der Waals surface area contributed by atoms with Crippen LogP contribution in [-0.2, 0) is 11.3 Å². The van der Waals surface area contributed by atoms with Crippen LogP contribution in [0.1, 0.15) is 37.9 Å². The van der Waals surface area contributed by atoms with Gasteiger partial charge in [-0.15, -0.1) is 5.10 Å². The van der Waals surface area contributed by atoms with E-state index in [-0.39, 0.29) is 18.0 Å². The van der Waals surface area contributed by atoms with Crippen molar-refractivity contribution in [3.63, 3.8) is 0 Å². The Labute approximate surface area is 174 Å². The van der Waals surface area contributed by atoms with Crippen molar-refractivity contribution in [1.29, 1.82) is 0 Å². The second-order valence-corrected chi connectivity index (χ2v) is 8.48. The highest BCUT2D eigenvalue weighted by molar-refractivity contribution is 5.80. The standard InChI is InChI=1S/C21H27N7O2/c1-14-24-21-23-12-16-18(28(21)25-14)7-10-27(20(16)30)13-19(29)22-11-15-5-4-9-26-8-3-2-6-17(15)26/h7,10,12,15,17H,2-6,8-9,11,13H2,1H3,(H,22,29)/t15-,17+/m0/s1. The molecule has 3 aromatic heterocycles. The molecule has 2 aliphatic heterocycles. The lowest BCUT2D eigenvalue weighted by atomic mass is 9.83. The average molecular weight is 409 g/mol. The maximum absolute atomic E-state index is 12.9. The molecule has 0 aromatic carbocycles. The summed E-state index contributed by atoms with van der Waals surface area (Å²) in [5.74, 6) is 1.43. The second kappa shape index (κ2) is 7.79. The van der Waals surface area contributed by atoms with E-state index in [2.05, 4.69) is 25.3 Å². The average Bonchev–Trinajstić information content (AvgIpc) is 3.14. The molecule has 2 saturated heterocycles. The number of aryl methyl sites for hydroxylation is 1. The zero-order chi connectivity index (χ0) is 20.7. The van der Waals surface area contributed by atoms with Crippen molar-refractivity contribution >= 4 is 22.6 Å². The van der Waals surface area contributed by atoms with Gasteiger partial charge in [-0.1, -0.05) is 6.42 Å². The van der Waals surface area contributed by atoms with E-state index in [0.717, 1.165) is 6.42 Å². The largest absolute Gasteiger partial charge is 0.354 e. The summed E-state index contributed by atoms with van der Waals surface area (Å²) in [5, 5.41) is 7.80. The zero-order valence-corrected chi connectivity index (χ0v) is 17.3. The van der Waals surface area contributed by atoms with Gasteiger partial charge < -0.3 is 14.8 Å². The van der Waals surface area contributed by atoms with E-state index in [4.69, 9.17) is 0 Å². The minimum atomic E-state index is -0.249. The van der Waals surface area contributed by atoms with Gasteiger partial charge in [-0.3, -0.25) is 9.59 Å². The molecule has 2 aliphatic rings. The summed E-state index contributed by atoms with van der Waals surface area (Å²) in [5.41, 5.74) is 0.392. The van der Waals surface area contributed by atoms with Gasteiger partial charge in [0.05, 0.1) is 10.9 Å². The summed E-state index contributed by atoms with van der Waals surface area (Å²) in [6, 6.07) is 2.38. The fraction of sp³-hybridized carbons (Fsp3) is 0.571. The van der Waals surface area contributed by atoms with Crippen molar-refractivity contribution in [3.05, 3.63) is 34.6 Å². The Balaban J connectivity index is 1.29. The molecule has 158 valence electrons. The van der Waals surface area contributed by atoms with Crippen LogP contribution in [0.5, 0.6) is 0 Å². The van der Waals surface area contributed by atoms with Gasteiger partial charge in [-0.2, -0.15) is 9.50 Å². The fourth-order valence-corrected chi connectivity index (χ4v) is 5.06. The molecule has 9 nitrogen and oxygen atoms in total. The van der Waals surface area contributed by atoms with Crippen molar-refractivity contribution in [2.24, 2.45) is 5.92 Å². The van der Waals surface area contributed by atoms with Gasteiger partial charge in [-0.05, 0) is 57.7 Å². The predicted molar refractivity (Wildman–Crippen MR) is 112 cm³/mol. The molecular formula is C21H27N7O2. The molecule has 0 unspecified atom stereocenters. The number of fused-ring (bicyclic) bond motifs is 4. The van der Waals surface area contributed by atoms with Crippen LogP contribution < -0.4 is 10.9 Å². The lowest BCUT2D eigenvalue weighted by molar-refractivity contribution is -0.122. The van der Waals surface area contributed by atoms with Crippen molar-refractivity contribution in [1.82, 2.24) is 34.4 Å². The van der Waals surface area contributed by atoms with E-state index in [0.29, 0.717) is 41.0 Å². The maximum Gasteiger partial charge on any atom is 0.262 e. The van der Waals surface area contributed by atoms with E-state index < -0.39 is 0 Å². The van der Waals surface area contributed by atoms with Crippen molar-refractivity contribution < 1.29 is 4.79 Å². The minimum absolute atomic E-state index is 0.00426. The SMILES string of the molecule is Cc1nc2ncc3c(=O)n(CC(=O)NC[C@@H]4CCCN5CCCC[C@H]45)ccc3n2n1. The zero-order valence-electron chi connectivity index (χ0n) is 17.3. The number of hydrogen-bond donors (Lipinski definition) is 1. The van der Waals surface area contributed by atoms with E-state index in [1.807, 2.05) is 0 Å². The predicted octanol–water partition coefficient (Wildman–Crippen LogP) is 1.13. The maximum atomic E-state index is 12.9. The monoisotopic (exact) mass is 409 g/mol. The first-order chi connectivity index (χ1) is 14.6. The minimum Gasteiger partial charge on any atom is -0.354 e. The molecule has 5 heterocycles. The summed E-state index contributed by atoms with van der Waals surface area (Å²) in [6.07, 6.45) is 9.31. The third-order valence-electron chi connectivity index (χ3n) is 6.52. The van der Waals surface area contributed by atoms with Crippen LogP contribution in [0.3, 0.4) is 0 Å². The van der Waals surface area contributed by atoms with E-state index in [1.54, 1.807) is 23.7 Å². The Kier molecular flexibility index (Phi) is 4.98. The number of hydrogen-bond acceptors (Lipinski definition) is 6. The van der Waals surface area contributed by atoms with Gasteiger partial charge in [0.2, 0.25) is 5.91 Å². The van der Waals surface area contributed by atoms with Crippen LogP contribution in [0.4, 0.5) is 0 Å². The highest BCUT2D eigenvalue weighted by Crippen LogP contribution is 2.30. The van der Waals surface area contributed by atoms with Gasteiger partial charge in [0.25, 0.3) is 11.3 Å². The number of carbonyl (C=O) groups is 1. The molecule has 0 spiro atoms. The first kappa shape index (κ1) is 19.2. The van der Waals surface area contributed by atoms with Crippen molar-refractivity contribution in [2.75, 3.05) is 19.6 Å². The van der Waals surface area contributed by atoms with Gasteiger partial charge in [0.15, 0.2) is 0 Å². The lowest BCUT2D eigenvalue weighted by Gasteiger charge is -2.44. The van der Waals surface area contributed by atoms with Gasteiger partial charge in [0, 0.05) is 25.0 Å².